The number of nitrogens with zero attached hydrogens (tertiary/aromatic N) is 5. The molecule has 0 atom stereocenters. The molecule has 53 heavy (non-hydrogen) atoms. The molecule has 8 aromatic carbocycles. The third-order valence-corrected chi connectivity index (χ3v) is 10.4. The number of fused-ring (bicyclic) bond motifs is 11. The Kier molecular flexibility index (Phi) is 6.48. The van der Waals surface area contributed by atoms with Gasteiger partial charge in [-0.05, 0) is 67.7 Å². The van der Waals surface area contributed by atoms with Crippen LogP contribution >= 0.6 is 0 Å². The van der Waals surface area contributed by atoms with Crippen molar-refractivity contribution >= 4 is 59.8 Å². The Morgan fingerprint density at radius 2 is 0.943 bits per heavy atom. The average Bonchev–Trinajstić information content (AvgIpc) is 3.63. The first-order valence-electron chi connectivity index (χ1n) is 17.8. The fraction of sp³-hybridized carbons (Fsp3) is 0. The zero-order chi connectivity index (χ0) is 34.9. The van der Waals surface area contributed by atoms with Crippen LogP contribution in [0.2, 0.25) is 0 Å². The Morgan fingerprint density at radius 3 is 1.77 bits per heavy atom. The van der Waals surface area contributed by atoms with Crippen molar-refractivity contribution in [1.29, 1.82) is 0 Å². The summed E-state index contributed by atoms with van der Waals surface area (Å²) in [6.07, 6.45) is 2.11. The molecule has 246 valence electrons. The van der Waals surface area contributed by atoms with Crippen LogP contribution in [0.25, 0.3) is 105 Å². The molecule has 0 fully saturated rings. The molecule has 3 heterocycles. The zero-order valence-corrected chi connectivity index (χ0v) is 28.5. The third-order valence-electron chi connectivity index (χ3n) is 10.4. The van der Waals surface area contributed by atoms with Gasteiger partial charge in [0.2, 0.25) is 0 Å². The van der Waals surface area contributed by atoms with Crippen molar-refractivity contribution < 1.29 is 0 Å². The lowest BCUT2D eigenvalue weighted by atomic mass is 9.92. The molecule has 0 unspecified atom stereocenters. The fourth-order valence-electron chi connectivity index (χ4n) is 7.83. The van der Waals surface area contributed by atoms with Gasteiger partial charge in [-0.1, -0.05) is 146 Å². The van der Waals surface area contributed by atoms with Crippen molar-refractivity contribution in [3.8, 4) is 45.3 Å². The lowest BCUT2D eigenvalue weighted by molar-refractivity contribution is 1.07. The van der Waals surface area contributed by atoms with Gasteiger partial charge in [-0.3, -0.25) is 4.40 Å². The largest absolute Gasteiger partial charge is 0.299 e. The minimum absolute atomic E-state index is 0.638. The van der Waals surface area contributed by atoms with E-state index >= 15 is 0 Å². The summed E-state index contributed by atoms with van der Waals surface area (Å²) in [4.78, 5) is 20.1. The normalized spacial score (nSPS) is 11.8. The lowest BCUT2D eigenvalue weighted by Crippen LogP contribution is -2.00. The molecule has 5 heteroatoms. The highest BCUT2D eigenvalue weighted by Crippen LogP contribution is 2.41. The van der Waals surface area contributed by atoms with Crippen LogP contribution in [0.1, 0.15) is 0 Å². The topological polar surface area (TPSA) is 56.0 Å². The smallest absolute Gasteiger partial charge is 0.164 e. The number of rotatable bonds is 4. The second-order valence-electron chi connectivity index (χ2n) is 13.5. The van der Waals surface area contributed by atoms with Crippen molar-refractivity contribution in [1.82, 2.24) is 24.3 Å². The molecule has 0 saturated heterocycles. The van der Waals surface area contributed by atoms with Gasteiger partial charge < -0.3 is 0 Å². The van der Waals surface area contributed by atoms with Gasteiger partial charge in [-0.25, -0.2) is 19.9 Å². The molecule has 0 aliphatic rings. The number of pyridine rings is 1. The highest BCUT2D eigenvalue weighted by Gasteiger charge is 2.18. The minimum Gasteiger partial charge on any atom is -0.299 e. The number of aromatic nitrogens is 5. The summed E-state index contributed by atoms with van der Waals surface area (Å²) in [6.45, 7) is 0. The van der Waals surface area contributed by atoms with Crippen molar-refractivity contribution in [3.05, 3.63) is 176 Å². The summed E-state index contributed by atoms with van der Waals surface area (Å²) in [6, 6.07) is 59.5. The highest BCUT2D eigenvalue weighted by molar-refractivity contribution is 6.30. The summed E-state index contributed by atoms with van der Waals surface area (Å²) in [5.41, 5.74) is 8.20. The summed E-state index contributed by atoms with van der Waals surface area (Å²) in [7, 11) is 0. The summed E-state index contributed by atoms with van der Waals surface area (Å²) in [5, 5.41) is 9.56. The first-order valence-corrected chi connectivity index (χ1v) is 17.8. The Hall–Kier alpha value is -7.24. The SMILES string of the molecule is c1ccc(-c2nc(-c3ccc(-c4ccc5c(c4)c4c6ccccc6ccc4c4nc6ccccn6c54)cc3)nc(-c3ccc4ccccc4c3)n2)cc1. The minimum atomic E-state index is 0.638. The lowest BCUT2D eigenvalue weighted by Gasteiger charge is -2.13. The summed E-state index contributed by atoms with van der Waals surface area (Å²) < 4.78 is 2.21. The van der Waals surface area contributed by atoms with E-state index in [9.17, 15) is 0 Å². The Balaban J connectivity index is 1.07. The van der Waals surface area contributed by atoms with Crippen LogP contribution in [-0.2, 0) is 0 Å². The summed E-state index contributed by atoms with van der Waals surface area (Å²) >= 11 is 0. The van der Waals surface area contributed by atoms with Crippen LogP contribution in [0.4, 0.5) is 0 Å². The van der Waals surface area contributed by atoms with Crippen molar-refractivity contribution in [2.24, 2.45) is 0 Å². The molecule has 11 aromatic rings. The van der Waals surface area contributed by atoms with E-state index in [-0.39, 0.29) is 0 Å². The zero-order valence-electron chi connectivity index (χ0n) is 28.5. The molecule has 0 amide bonds. The number of imidazole rings is 1. The van der Waals surface area contributed by atoms with E-state index in [1.807, 2.05) is 36.4 Å². The quantitative estimate of drug-likeness (QED) is 0.174. The molecule has 0 spiro atoms. The molecule has 0 bridgehead atoms. The van der Waals surface area contributed by atoms with Gasteiger partial charge in [0.1, 0.15) is 5.65 Å². The Morgan fingerprint density at radius 1 is 0.340 bits per heavy atom. The van der Waals surface area contributed by atoms with Crippen LogP contribution in [0.15, 0.2) is 176 Å². The van der Waals surface area contributed by atoms with Crippen molar-refractivity contribution in [3.63, 3.8) is 0 Å². The van der Waals surface area contributed by atoms with E-state index in [0.29, 0.717) is 17.5 Å². The van der Waals surface area contributed by atoms with Gasteiger partial charge in [0.15, 0.2) is 17.5 Å². The molecular formula is C48H29N5. The molecule has 0 saturated carbocycles. The van der Waals surface area contributed by atoms with E-state index in [1.54, 1.807) is 0 Å². The molecule has 0 radical (unpaired) electrons. The third kappa shape index (κ3) is 4.79. The van der Waals surface area contributed by atoms with E-state index in [0.717, 1.165) is 55.3 Å². The average molecular weight is 676 g/mol. The Bertz CT molecular complexity index is 3220. The van der Waals surface area contributed by atoms with Crippen LogP contribution in [0.5, 0.6) is 0 Å². The highest BCUT2D eigenvalue weighted by atomic mass is 15.0. The van der Waals surface area contributed by atoms with Crippen LogP contribution in [0, 0.1) is 0 Å². The standard InChI is InChI=1S/C48H29N5/c1-2-12-33(13-3-1)46-50-47(52-48(51-46)37-22-19-30-10-4-5-14-35(30)28-37)34-20-17-31(18-21-34)36-24-25-39-41(29-36)43-38-15-7-6-11-32(38)23-26-40(43)44-45(39)53-27-9-8-16-42(53)49-44/h1-29H. The maximum Gasteiger partial charge on any atom is 0.164 e. The van der Waals surface area contributed by atoms with Gasteiger partial charge in [0, 0.05) is 33.7 Å². The first-order chi connectivity index (χ1) is 26.2. The molecule has 11 rings (SSSR count). The monoisotopic (exact) mass is 675 g/mol. The van der Waals surface area contributed by atoms with Gasteiger partial charge in [0.25, 0.3) is 0 Å². The van der Waals surface area contributed by atoms with Crippen LogP contribution < -0.4 is 0 Å². The van der Waals surface area contributed by atoms with Gasteiger partial charge in [0.05, 0.1) is 11.0 Å². The molecule has 0 N–H and O–H groups in total. The first kappa shape index (κ1) is 29.5. The van der Waals surface area contributed by atoms with E-state index in [2.05, 4.69) is 144 Å². The van der Waals surface area contributed by atoms with Crippen molar-refractivity contribution in [2.45, 2.75) is 0 Å². The maximum absolute atomic E-state index is 5.13. The predicted octanol–water partition coefficient (Wildman–Crippen LogP) is 12.0. The van der Waals surface area contributed by atoms with Crippen LogP contribution in [-0.4, -0.2) is 24.3 Å². The van der Waals surface area contributed by atoms with Crippen molar-refractivity contribution in [2.75, 3.05) is 0 Å². The number of hydrogen-bond donors (Lipinski definition) is 0. The second-order valence-corrected chi connectivity index (χ2v) is 13.5. The second kappa shape index (κ2) is 11.7. The van der Waals surface area contributed by atoms with Crippen LogP contribution in [0.3, 0.4) is 0 Å². The predicted molar refractivity (Wildman–Crippen MR) is 218 cm³/mol. The molecule has 0 aliphatic carbocycles. The number of hydrogen-bond acceptors (Lipinski definition) is 4. The maximum atomic E-state index is 5.13. The van der Waals surface area contributed by atoms with Gasteiger partial charge in [-0.15, -0.1) is 0 Å². The van der Waals surface area contributed by atoms with E-state index in [1.165, 1.54) is 32.3 Å². The molecular weight excluding hydrogens is 647 g/mol. The van der Waals surface area contributed by atoms with E-state index < -0.39 is 0 Å². The van der Waals surface area contributed by atoms with E-state index in [4.69, 9.17) is 19.9 Å². The van der Waals surface area contributed by atoms with Gasteiger partial charge in [-0.2, -0.15) is 0 Å². The number of benzene rings is 8. The Labute approximate surface area is 304 Å². The molecule has 0 aliphatic heterocycles. The molecule has 5 nitrogen and oxygen atoms in total. The molecule has 3 aromatic heterocycles. The van der Waals surface area contributed by atoms with Gasteiger partial charge >= 0.3 is 0 Å². The fourth-order valence-corrected chi connectivity index (χ4v) is 7.83. The summed E-state index contributed by atoms with van der Waals surface area (Å²) in [5.74, 6) is 1.94.